The van der Waals surface area contributed by atoms with Crippen molar-refractivity contribution in [1.29, 1.82) is 0 Å². The SMILES string of the molecule is COc1cc(C(=O)Nc2cccc(C(=O)NC3CC3)c2)ccc1OC(F)F. The number of carbonyl (C=O) groups excluding carboxylic acids is 2. The van der Waals surface area contributed by atoms with Gasteiger partial charge in [0, 0.05) is 22.9 Å². The topological polar surface area (TPSA) is 76.7 Å². The van der Waals surface area contributed by atoms with Gasteiger partial charge in [-0.3, -0.25) is 9.59 Å². The van der Waals surface area contributed by atoms with Crippen LogP contribution in [0.15, 0.2) is 42.5 Å². The van der Waals surface area contributed by atoms with Crippen molar-refractivity contribution in [1.82, 2.24) is 5.32 Å². The molecule has 2 aromatic carbocycles. The van der Waals surface area contributed by atoms with Gasteiger partial charge in [0.15, 0.2) is 11.5 Å². The lowest BCUT2D eigenvalue weighted by atomic mass is 10.1. The zero-order chi connectivity index (χ0) is 19.4. The third-order valence-electron chi connectivity index (χ3n) is 3.94. The van der Waals surface area contributed by atoms with Crippen LogP contribution in [0.2, 0.25) is 0 Å². The van der Waals surface area contributed by atoms with Crippen molar-refractivity contribution in [3.8, 4) is 11.5 Å². The van der Waals surface area contributed by atoms with Gasteiger partial charge >= 0.3 is 6.61 Å². The lowest BCUT2D eigenvalue weighted by Gasteiger charge is -2.12. The van der Waals surface area contributed by atoms with Crippen LogP contribution in [-0.2, 0) is 0 Å². The van der Waals surface area contributed by atoms with Gasteiger partial charge < -0.3 is 20.1 Å². The summed E-state index contributed by atoms with van der Waals surface area (Å²) in [5, 5.41) is 5.55. The number of nitrogens with one attached hydrogen (secondary N) is 2. The molecule has 0 radical (unpaired) electrons. The number of carbonyl (C=O) groups is 2. The van der Waals surface area contributed by atoms with E-state index in [1.165, 1.54) is 25.3 Å². The molecule has 1 fully saturated rings. The van der Waals surface area contributed by atoms with Crippen LogP contribution < -0.4 is 20.1 Å². The van der Waals surface area contributed by atoms with Crippen molar-refractivity contribution in [3.63, 3.8) is 0 Å². The fourth-order valence-electron chi connectivity index (χ4n) is 2.44. The normalized spacial score (nSPS) is 13.2. The van der Waals surface area contributed by atoms with Crippen LogP contribution in [0, 0.1) is 0 Å². The lowest BCUT2D eigenvalue weighted by Crippen LogP contribution is -2.25. The van der Waals surface area contributed by atoms with Crippen molar-refractivity contribution in [2.75, 3.05) is 12.4 Å². The zero-order valence-corrected chi connectivity index (χ0v) is 14.5. The molecular weight excluding hydrogens is 358 g/mol. The highest BCUT2D eigenvalue weighted by Gasteiger charge is 2.24. The van der Waals surface area contributed by atoms with Gasteiger partial charge in [0.25, 0.3) is 11.8 Å². The minimum atomic E-state index is -3.00. The summed E-state index contributed by atoms with van der Waals surface area (Å²) in [4.78, 5) is 24.5. The number of rotatable bonds is 7. The van der Waals surface area contributed by atoms with E-state index in [1.807, 2.05) is 0 Å². The second kappa shape index (κ2) is 8.03. The van der Waals surface area contributed by atoms with Gasteiger partial charge in [0.2, 0.25) is 0 Å². The molecule has 0 aromatic heterocycles. The third-order valence-corrected chi connectivity index (χ3v) is 3.94. The predicted molar refractivity (Wildman–Crippen MR) is 94.5 cm³/mol. The second-order valence-corrected chi connectivity index (χ2v) is 6.03. The maximum atomic E-state index is 12.4. The van der Waals surface area contributed by atoms with E-state index in [0.717, 1.165) is 12.8 Å². The van der Waals surface area contributed by atoms with Crippen LogP contribution in [0.5, 0.6) is 11.5 Å². The van der Waals surface area contributed by atoms with E-state index in [9.17, 15) is 18.4 Å². The number of benzene rings is 2. The highest BCUT2D eigenvalue weighted by Crippen LogP contribution is 2.29. The standard InChI is InChI=1S/C19H18F2N2O4/c1-26-16-10-12(5-8-15(16)27-19(20)21)18(25)23-14-4-2-3-11(9-14)17(24)22-13-6-7-13/h2-5,8-10,13,19H,6-7H2,1H3,(H,22,24)(H,23,25). The molecule has 0 spiro atoms. The summed E-state index contributed by atoms with van der Waals surface area (Å²) >= 11 is 0. The number of alkyl halides is 2. The Kier molecular flexibility index (Phi) is 5.54. The Labute approximate surface area is 154 Å². The number of methoxy groups -OCH3 is 1. The van der Waals surface area contributed by atoms with E-state index in [0.29, 0.717) is 11.3 Å². The van der Waals surface area contributed by atoms with Gasteiger partial charge in [0.1, 0.15) is 0 Å². The van der Waals surface area contributed by atoms with Crippen molar-refractivity contribution < 1.29 is 27.8 Å². The molecule has 6 nitrogen and oxygen atoms in total. The molecule has 1 saturated carbocycles. The number of hydrogen-bond acceptors (Lipinski definition) is 4. The average Bonchev–Trinajstić information content (AvgIpc) is 3.45. The van der Waals surface area contributed by atoms with Crippen LogP contribution in [0.25, 0.3) is 0 Å². The molecule has 142 valence electrons. The summed E-state index contributed by atoms with van der Waals surface area (Å²) in [7, 11) is 1.29. The molecule has 27 heavy (non-hydrogen) atoms. The average molecular weight is 376 g/mol. The summed E-state index contributed by atoms with van der Waals surface area (Å²) in [6.07, 6.45) is 1.96. The molecule has 1 aliphatic carbocycles. The summed E-state index contributed by atoms with van der Waals surface area (Å²) in [5.41, 5.74) is 1.08. The first kappa shape index (κ1) is 18.6. The van der Waals surface area contributed by atoms with Crippen LogP contribution in [-0.4, -0.2) is 31.6 Å². The quantitative estimate of drug-likeness (QED) is 0.776. The summed E-state index contributed by atoms with van der Waals surface area (Å²) in [6.45, 7) is -3.00. The maximum Gasteiger partial charge on any atom is 0.387 e. The molecule has 2 amide bonds. The van der Waals surface area contributed by atoms with E-state index in [2.05, 4.69) is 15.4 Å². The molecule has 3 rings (SSSR count). The van der Waals surface area contributed by atoms with E-state index in [1.54, 1.807) is 24.3 Å². The van der Waals surface area contributed by atoms with Crippen molar-refractivity contribution in [3.05, 3.63) is 53.6 Å². The van der Waals surface area contributed by atoms with E-state index < -0.39 is 12.5 Å². The van der Waals surface area contributed by atoms with Crippen LogP contribution in [0.3, 0.4) is 0 Å². The summed E-state index contributed by atoms with van der Waals surface area (Å²) in [5.74, 6) is -0.816. The molecule has 0 atom stereocenters. The van der Waals surface area contributed by atoms with Gasteiger partial charge in [-0.05, 0) is 49.2 Å². The minimum absolute atomic E-state index is 0.0144. The highest BCUT2D eigenvalue weighted by molar-refractivity contribution is 6.05. The zero-order valence-electron chi connectivity index (χ0n) is 14.5. The minimum Gasteiger partial charge on any atom is -0.493 e. The third kappa shape index (κ3) is 4.93. The second-order valence-electron chi connectivity index (χ2n) is 6.03. The van der Waals surface area contributed by atoms with Crippen molar-refractivity contribution in [2.45, 2.75) is 25.5 Å². The van der Waals surface area contributed by atoms with Crippen LogP contribution >= 0.6 is 0 Å². The first-order valence-electron chi connectivity index (χ1n) is 8.31. The van der Waals surface area contributed by atoms with Gasteiger partial charge in [-0.15, -0.1) is 0 Å². The van der Waals surface area contributed by atoms with Gasteiger partial charge in [-0.1, -0.05) is 6.07 Å². The first-order valence-corrected chi connectivity index (χ1v) is 8.31. The Morgan fingerprint density at radius 1 is 1.04 bits per heavy atom. The maximum absolute atomic E-state index is 12.4. The molecule has 2 N–H and O–H groups in total. The molecular formula is C19H18F2N2O4. The van der Waals surface area contributed by atoms with Gasteiger partial charge in [-0.25, -0.2) is 0 Å². The van der Waals surface area contributed by atoms with Gasteiger partial charge in [0.05, 0.1) is 7.11 Å². The molecule has 8 heteroatoms. The molecule has 0 unspecified atom stereocenters. The smallest absolute Gasteiger partial charge is 0.387 e. The van der Waals surface area contributed by atoms with E-state index in [-0.39, 0.29) is 29.0 Å². The Bertz CT molecular complexity index is 853. The lowest BCUT2D eigenvalue weighted by molar-refractivity contribution is -0.0512. The number of ether oxygens (including phenoxy) is 2. The van der Waals surface area contributed by atoms with Crippen LogP contribution in [0.4, 0.5) is 14.5 Å². The monoisotopic (exact) mass is 376 g/mol. The highest BCUT2D eigenvalue weighted by atomic mass is 19.3. The summed E-state index contributed by atoms with van der Waals surface area (Å²) in [6, 6.07) is 10.7. The van der Waals surface area contributed by atoms with Crippen molar-refractivity contribution >= 4 is 17.5 Å². The number of amides is 2. The van der Waals surface area contributed by atoms with Crippen LogP contribution in [0.1, 0.15) is 33.6 Å². The molecule has 0 aliphatic heterocycles. The van der Waals surface area contributed by atoms with Gasteiger partial charge in [-0.2, -0.15) is 8.78 Å². The molecule has 0 saturated heterocycles. The summed E-state index contributed by atoms with van der Waals surface area (Å²) < 4.78 is 34.1. The molecule has 0 bridgehead atoms. The van der Waals surface area contributed by atoms with E-state index >= 15 is 0 Å². The molecule has 0 heterocycles. The molecule has 2 aromatic rings. The Hall–Kier alpha value is -3.16. The fourth-order valence-corrected chi connectivity index (χ4v) is 2.44. The van der Waals surface area contributed by atoms with Crippen molar-refractivity contribution in [2.24, 2.45) is 0 Å². The number of hydrogen-bond donors (Lipinski definition) is 2. The first-order chi connectivity index (χ1) is 13.0. The number of halogens is 2. The number of anilines is 1. The Morgan fingerprint density at radius 3 is 2.44 bits per heavy atom. The fraction of sp³-hybridized carbons (Fsp3) is 0.263. The predicted octanol–water partition coefficient (Wildman–Crippen LogP) is 3.44. The largest absolute Gasteiger partial charge is 0.493 e. The molecule has 1 aliphatic rings. The Morgan fingerprint density at radius 2 is 1.78 bits per heavy atom. The van der Waals surface area contributed by atoms with E-state index in [4.69, 9.17) is 4.74 Å². The Balaban J connectivity index is 1.72.